The Hall–Kier alpha value is -2.05. The van der Waals surface area contributed by atoms with E-state index in [2.05, 4.69) is 5.32 Å². The summed E-state index contributed by atoms with van der Waals surface area (Å²) in [6.07, 6.45) is 4.04. The lowest BCUT2D eigenvalue weighted by atomic mass is 10.1. The van der Waals surface area contributed by atoms with Gasteiger partial charge in [0.05, 0.1) is 25.9 Å². The molecule has 1 N–H and O–H groups in total. The fourth-order valence-electron chi connectivity index (χ4n) is 3.22. The minimum atomic E-state index is -0.0171. The number of methoxy groups -OCH3 is 1. The molecule has 1 amide bonds. The second-order valence-electron chi connectivity index (χ2n) is 5.92. The molecule has 6 nitrogen and oxygen atoms in total. The molecule has 2 aliphatic rings. The average molecular weight is 332 g/mol. The Labute approximate surface area is 142 Å². The monoisotopic (exact) mass is 332 g/mol. The number of fused-ring (bicyclic) bond motifs is 1. The van der Waals surface area contributed by atoms with Crippen LogP contribution in [-0.4, -0.2) is 62.9 Å². The Morgan fingerprint density at radius 3 is 3.08 bits per heavy atom. The topological polar surface area (TPSA) is 60.0 Å². The first-order valence-electron chi connectivity index (χ1n) is 8.28. The highest BCUT2D eigenvalue weighted by Crippen LogP contribution is 2.29. The number of ether oxygens (including phenoxy) is 3. The number of rotatable bonds is 5. The second-order valence-corrected chi connectivity index (χ2v) is 5.92. The van der Waals surface area contributed by atoms with Gasteiger partial charge in [-0.1, -0.05) is 18.2 Å². The van der Waals surface area contributed by atoms with Gasteiger partial charge in [-0.15, -0.1) is 0 Å². The van der Waals surface area contributed by atoms with Crippen LogP contribution in [0.1, 0.15) is 12.5 Å². The molecule has 0 radical (unpaired) electrons. The van der Waals surface area contributed by atoms with Gasteiger partial charge in [0.1, 0.15) is 0 Å². The number of morpholine rings is 1. The minimum absolute atomic E-state index is 0.00252. The predicted molar refractivity (Wildman–Crippen MR) is 91.3 cm³/mol. The van der Waals surface area contributed by atoms with Gasteiger partial charge < -0.3 is 24.4 Å². The van der Waals surface area contributed by atoms with Crippen molar-refractivity contribution in [2.24, 2.45) is 0 Å². The van der Waals surface area contributed by atoms with E-state index in [0.29, 0.717) is 24.7 Å². The molecule has 2 saturated heterocycles. The minimum Gasteiger partial charge on any atom is -0.493 e. The molecule has 0 aliphatic carbocycles. The van der Waals surface area contributed by atoms with E-state index in [1.165, 1.54) is 0 Å². The van der Waals surface area contributed by atoms with Gasteiger partial charge in [0, 0.05) is 19.6 Å². The summed E-state index contributed by atoms with van der Waals surface area (Å²) in [4.78, 5) is 14.4. The maximum Gasteiger partial charge on any atom is 0.260 e. The molecule has 0 bridgehead atoms. The van der Waals surface area contributed by atoms with E-state index in [0.717, 1.165) is 18.7 Å². The van der Waals surface area contributed by atoms with Crippen LogP contribution in [0.2, 0.25) is 0 Å². The molecule has 24 heavy (non-hydrogen) atoms. The van der Waals surface area contributed by atoms with Crippen LogP contribution in [0, 0.1) is 0 Å². The van der Waals surface area contributed by atoms with Gasteiger partial charge in [0.2, 0.25) is 0 Å². The molecule has 0 spiro atoms. The largest absolute Gasteiger partial charge is 0.493 e. The Morgan fingerprint density at radius 1 is 1.42 bits per heavy atom. The molecule has 2 fully saturated rings. The van der Waals surface area contributed by atoms with Gasteiger partial charge in [0.15, 0.2) is 18.1 Å². The Balaban J connectivity index is 1.63. The molecule has 1 aromatic carbocycles. The number of nitrogens with one attached hydrogen (secondary N) is 1. The molecule has 3 rings (SSSR count). The van der Waals surface area contributed by atoms with E-state index in [1.807, 2.05) is 42.2 Å². The summed E-state index contributed by atoms with van der Waals surface area (Å²) in [7, 11) is 1.60. The predicted octanol–water partition coefficient (Wildman–Crippen LogP) is 1.31. The van der Waals surface area contributed by atoms with Crippen molar-refractivity contribution in [2.75, 3.05) is 40.0 Å². The zero-order chi connectivity index (χ0) is 16.9. The highest BCUT2D eigenvalue weighted by molar-refractivity contribution is 5.78. The lowest BCUT2D eigenvalue weighted by Crippen LogP contribution is -2.54. The molecular weight excluding hydrogens is 308 g/mol. The van der Waals surface area contributed by atoms with Crippen molar-refractivity contribution in [1.82, 2.24) is 10.2 Å². The molecule has 130 valence electrons. The normalized spacial score (nSPS) is 23.3. The van der Waals surface area contributed by atoms with Crippen LogP contribution >= 0.6 is 0 Å². The van der Waals surface area contributed by atoms with E-state index < -0.39 is 0 Å². The first kappa shape index (κ1) is 16.8. The molecule has 0 unspecified atom stereocenters. The fraction of sp³-hybridized carbons (Fsp3) is 0.500. The van der Waals surface area contributed by atoms with Crippen LogP contribution in [0.25, 0.3) is 6.08 Å². The third-order valence-electron chi connectivity index (χ3n) is 4.41. The third-order valence-corrected chi connectivity index (χ3v) is 4.41. The summed E-state index contributed by atoms with van der Waals surface area (Å²) < 4.78 is 16.8. The molecule has 0 saturated carbocycles. The molecule has 1 aromatic rings. The summed E-state index contributed by atoms with van der Waals surface area (Å²) >= 11 is 0. The molecule has 2 heterocycles. The van der Waals surface area contributed by atoms with Crippen LogP contribution in [0.4, 0.5) is 0 Å². The zero-order valence-electron chi connectivity index (χ0n) is 14.2. The first-order chi connectivity index (χ1) is 11.7. The molecule has 2 atom stereocenters. The number of carbonyl (C=O) groups excluding carboxylic acids is 1. The summed E-state index contributed by atoms with van der Waals surface area (Å²) in [6.45, 7) is 4.73. The Bertz CT molecular complexity index is 617. The van der Waals surface area contributed by atoms with Crippen LogP contribution < -0.4 is 14.8 Å². The fourth-order valence-corrected chi connectivity index (χ4v) is 3.22. The number of allylic oxidation sites excluding steroid dienone is 1. The van der Waals surface area contributed by atoms with Crippen molar-refractivity contribution in [2.45, 2.75) is 19.1 Å². The number of hydrogen-bond donors (Lipinski definition) is 1. The van der Waals surface area contributed by atoms with Gasteiger partial charge in [-0.25, -0.2) is 0 Å². The Kier molecular flexibility index (Phi) is 5.37. The number of hydrogen-bond acceptors (Lipinski definition) is 5. The molecule has 6 heteroatoms. The average Bonchev–Trinajstić information content (AvgIpc) is 3.09. The van der Waals surface area contributed by atoms with Crippen molar-refractivity contribution in [3.05, 3.63) is 29.8 Å². The highest BCUT2D eigenvalue weighted by atomic mass is 16.5. The van der Waals surface area contributed by atoms with Crippen LogP contribution in [0.3, 0.4) is 0 Å². The summed E-state index contributed by atoms with van der Waals surface area (Å²) in [5, 5.41) is 3.27. The zero-order valence-corrected chi connectivity index (χ0v) is 14.2. The smallest absolute Gasteiger partial charge is 0.260 e. The number of nitrogens with zero attached hydrogens (tertiary/aromatic N) is 1. The number of carbonyl (C=O) groups is 1. The van der Waals surface area contributed by atoms with Crippen molar-refractivity contribution in [3.63, 3.8) is 0 Å². The molecule has 0 aromatic heterocycles. The first-order valence-corrected chi connectivity index (χ1v) is 8.28. The van der Waals surface area contributed by atoms with Gasteiger partial charge >= 0.3 is 0 Å². The standard InChI is InChI=1S/C18H24N2O4/c1-3-4-13-5-6-15(16(9-13)22-2)24-12-18(21)20-7-8-23-17-11-19-10-14(17)20/h3-6,9,14,17,19H,7-8,10-12H2,1-2H3/b4-3+/t14-,17+/m1/s1. The van der Waals surface area contributed by atoms with Gasteiger partial charge in [-0.3, -0.25) is 4.79 Å². The van der Waals surface area contributed by atoms with Gasteiger partial charge in [-0.2, -0.15) is 0 Å². The van der Waals surface area contributed by atoms with Crippen LogP contribution in [-0.2, 0) is 9.53 Å². The number of amides is 1. The van der Waals surface area contributed by atoms with Crippen LogP contribution in [0.15, 0.2) is 24.3 Å². The number of benzene rings is 1. The summed E-state index contributed by atoms with van der Waals surface area (Å²) in [5.74, 6) is 1.19. The van der Waals surface area contributed by atoms with Crippen molar-refractivity contribution >= 4 is 12.0 Å². The lowest BCUT2D eigenvalue weighted by Gasteiger charge is -2.36. The summed E-state index contributed by atoms with van der Waals surface area (Å²) in [5.41, 5.74) is 1.03. The maximum atomic E-state index is 12.5. The second kappa shape index (κ2) is 7.68. The van der Waals surface area contributed by atoms with E-state index in [4.69, 9.17) is 14.2 Å². The van der Waals surface area contributed by atoms with E-state index >= 15 is 0 Å². The van der Waals surface area contributed by atoms with Crippen molar-refractivity contribution in [1.29, 1.82) is 0 Å². The third kappa shape index (κ3) is 3.55. The van der Waals surface area contributed by atoms with Crippen molar-refractivity contribution < 1.29 is 19.0 Å². The highest BCUT2D eigenvalue weighted by Gasteiger charge is 2.38. The Morgan fingerprint density at radius 2 is 2.29 bits per heavy atom. The lowest BCUT2D eigenvalue weighted by molar-refractivity contribution is -0.144. The molecule has 2 aliphatic heterocycles. The van der Waals surface area contributed by atoms with Crippen LogP contribution in [0.5, 0.6) is 11.5 Å². The maximum absolute atomic E-state index is 12.5. The van der Waals surface area contributed by atoms with Gasteiger partial charge in [-0.05, 0) is 24.6 Å². The quantitative estimate of drug-likeness (QED) is 0.881. The van der Waals surface area contributed by atoms with Crippen molar-refractivity contribution in [3.8, 4) is 11.5 Å². The van der Waals surface area contributed by atoms with Gasteiger partial charge in [0.25, 0.3) is 5.91 Å². The van der Waals surface area contributed by atoms with E-state index in [-0.39, 0.29) is 24.7 Å². The SMILES string of the molecule is C/C=C/c1ccc(OCC(=O)N2CCO[C@H]3CNC[C@H]32)c(OC)c1. The van der Waals surface area contributed by atoms with E-state index in [9.17, 15) is 4.79 Å². The summed E-state index contributed by atoms with van der Waals surface area (Å²) in [6, 6.07) is 5.77. The van der Waals surface area contributed by atoms with E-state index in [1.54, 1.807) is 7.11 Å². The molecular formula is C18H24N2O4.